The third-order valence-electron chi connectivity index (χ3n) is 3.81. The molecule has 1 fully saturated rings. The number of hydrogen-bond donors (Lipinski definition) is 1. The second-order valence-corrected chi connectivity index (χ2v) is 7.04. The number of amidine groups is 1. The molecular formula is C22H20N2O2S. The van der Waals surface area contributed by atoms with Crippen molar-refractivity contribution in [2.24, 2.45) is 4.99 Å². The van der Waals surface area contributed by atoms with E-state index in [1.165, 1.54) is 11.8 Å². The zero-order chi connectivity index (χ0) is 19.2. The largest absolute Gasteiger partial charge is 0.508 e. The first-order chi connectivity index (χ1) is 13.1. The number of aromatic hydroxyl groups is 1. The van der Waals surface area contributed by atoms with Gasteiger partial charge in [-0.3, -0.25) is 9.69 Å². The molecule has 0 unspecified atom stereocenters. The van der Waals surface area contributed by atoms with Crippen LogP contribution in [-0.4, -0.2) is 27.6 Å². The van der Waals surface area contributed by atoms with Crippen molar-refractivity contribution in [1.82, 2.24) is 4.90 Å². The van der Waals surface area contributed by atoms with Crippen LogP contribution < -0.4 is 0 Å². The lowest BCUT2D eigenvalue weighted by atomic mass is 10.1. The summed E-state index contributed by atoms with van der Waals surface area (Å²) in [5, 5.41) is 10.2. The van der Waals surface area contributed by atoms with Gasteiger partial charge in [0.1, 0.15) is 5.75 Å². The lowest BCUT2D eigenvalue weighted by Gasteiger charge is -2.12. The second-order valence-electron chi connectivity index (χ2n) is 6.03. The Labute approximate surface area is 163 Å². The van der Waals surface area contributed by atoms with Crippen molar-refractivity contribution in [3.05, 3.63) is 89.4 Å². The molecule has 1 N–H and O–H groups in total. The molecule has 0 aromatic heterocycles. The van der Waals surface area contributed by atoms with Crippen LogP contribution in [0.5, 0.6) is 5.75 Å². The molecule has 0 bridgehead atoms. The molecule has 0 spiro atoms. The summed E-state index contributed by atoms with van der Waals surface area (Å²) >= 11 is 1.32. The lowest BCUT2D eigenvalue weighted by molar-refractivity contribution is -0.121. The van der Waals surface area contributed by atoms with E-state index in [0.29, 0.717) is 22.3 Å². The molecule has 136 valence electrons. The minimum absolute atomic E-state index is 0.0976. The van der Waals surface area contributed by atoms with Gasteiger partial charge in [-0.2, -0.15) is 0 Å². The van der Waals surface area contributed by atoms with Crippen LogP contribution in [-0.2, 0) is 4.79 Å². The fourth-order valence-corrected chi connectivity index (χ4v) is 3.67. The summed E-state index contributed by atoms with van der Waals surface area (Å²) < 4.78 is 0. The van der Waals surface area contributed by atoms with Crippen LogP contribution in [0.1, 0.15) is 12.5 Å². The number of rotatable bonds is 5. The van der Waals surface area contributed by atoms with E-state index in [9.17, 15) is 9.90 Å². The summed E-state index contributed by atoms with van der Waals surface area (Å²) in [6.07, 6.45) is 5.58. The third kappa shape index (κ3) is 4.77. The molecule has 1 saturated heterocycles. The van der Waals surface area contributed by atoms with Crippen LogP contribution in [0.3, 0.4) is 0 Å². The molecule has 2 aromatic rings. The summed E-state index contributed by atoms with van der Waals surface area (Å²) in [5.41, 5.74) is 2.66. The van der Waals surface area contributed by atoms with Crippen molar-refractivity contribution < 1.29 is 9.90 Å². The van der Waals surface area contributed by atoms with E-state index in [1.54, 1.807) is 35.2 Å². The van der Waals surface area contributed by atoms with Gasteiger partial charge in [0.05, 0.1) is 10.6 Å². The van der Waals surface area contributed by atoms with E-state index >= 15 is 0 Å². The molecule has 0 aliphatic carbocycles. The summed E-state index contributed by atoms with van der Waals surface area (Å²) in [5.74, 6) is 0.0402. The predicted octanol–water partition coefficient (Wildman–Crippen LogP) is 5.13. The minimum atomic E-state index is -0.0976. The van der Waals surface area contributed by atoms with Crippen molar-refractivity contribution in [1.29, 1.82) is 0 Å². The number of amides is 1. The Morgan fingerprint density at radius 1 is 1.22 bits per heavy atom. The van der Waals surface area contributed by atoms with Crippen LogP contribution >= 0.6 is 11.8 Å². The fraction of sp³-hybridized carbons (Fsp3) is 0.0909. The molecule has 1 aliphatic heterocycles. The fourth-order valence-electron chi connectivity index (χ4n) is 2.62. The highest BCUT2D eigenvalue weighted by Crippen LogP contribution is 2.34. The quantitative estimate of drug-likeness (QED) is 0.581. The maximum Gasteiger partial charge on any atom is 0.267 e. The van der Waals surface area contributed by atoms with Crippen LogP contribution in [0.4, 0.5) is 5.69 Å². The monoisotopic (exact) mass is 376 g/mol. The zero-order valence-corrected chi connectivity index (χ0v) is 15.8. The van der Waals surface area contributed by atoms with Gasteiger partial charge in [0.2, 0.25) is 0 Å². The number of carbonyl (C=O) groups is 1. The summed E-state index contributed by atoms with van der Waals surface area (Å²) in [6.45, 7) is 6.07. The highest BCUT2D eigenvalue weighted by atomic mass is 32.2. The maximum atomic E-state index is 12.8. The molecule has 1 amide bonds. The average Bonchev–Trinajstić information content (AvgIpc) is 2.91. The predicted molar refractivity (Wildman–Crippen MR) is 113 cm³/mol. The third-order valence-corrected chi connectivity index (χ3v) is 4.81. The van der Waals surface area contributed by atoms with Gasteiger partial charge in [0.15, 0.2) is 5.17 Å². The van der Waals surface area contributed by atoms with E-state index in [2.05, 4.69) is 11.6 Å². The number of benzene rings is 2. The number of allylic oxidation sites excluding steroid dienone is 2. The lowest BCUT2D eigenvalue weighted by Crippen LogP contribution is -2.29. The molecule has 0 atom stereocenters. The normalized spacial score (nSPS) is 17.7. The molecular weight excluding hydrogens is 356 g/mol. The van der Waals surface area contributed by atoms with Gasteiger partial charge < -0.3 is 5.11 Å². The Kier molecular flexibility index (Phi) is 5.94. The first-order valence-electron chi connectivity index (χ1n) is 8.50. The average molecular weight is 376 g/mol. The molecule has 2 aromatic carbocycles. The van der Waals surface area contributed by atoms with Gasteiger partial charge in [-0.15, -0.1) is 6.58 Å². The van der Waals surface area contributed by atoms with Crippen LogP contribution in [0.25, 0.3) is 6.08 Å². The SMILES string of the molecule is C=CCN1C(=O)/C(=C\C(C)=C\c2ccccc2)SC1=Nc1cccc(O)c1. The van der Waals surface area contributed by atoms with Crippen molar-refractivity contribution in [2.45, 2.75) is 6.92 Å². The van der Waals surface area contributed by atoms with Gasteiger partial charge >= 0.3 is 0 Å². The van der Waals surface area contributed by atoms with Crippen molar-refractivity contribution in [3.8, 4) is 5.75 Å². The molecule has 3 rings (SSSR count). The van der Waals surface area contributed by atoms with Crippen molar-refractivity contribution in [3.63, 3.8) is 0 Å². The van der Waals surface area contributed by atoms with Gasteiger partial charge in [-0.1, -0.05) is 48.6 Å². The number of aliphatic imine (C=N–C) groups is 1. The number of phenolic OH excluding ortho intramolecular Hbond substituents is 1. The molecule has 27 heavy (non-hydrogen) atoms. The Balaban J connectivity index is 1.90. The van der Waals surface area contributed by atoms with Gasteiger partial charge in [0, 0.05) is 12.6 Å². The summed E-state index contributed by atoms with van der Waals surface area (Å²) in [7, 11) is 0. The minimum Gasteiger partial charge on any atom is -0.508 e. The Morgan fingerprint density at radius 2 is 2.00 bits per heavy atom. The molecule has 1 aliphatic rings. The molecule has 0 radical (unpaired) electrons. The molecule has 5 heteroatoms. The maximum absolute atomic E-state index is 12.8. The Hall–Kier alpha value is -3.05. The first kappa shape index (κ1) is 18.7. The Morgan fingerprint density at radius 3 is 2.70 bits per heavy atom. The van der Waals surface area contributed by atoms with Gasteiger partial charge in [-0.25, -0.2) is 4.99 Å². The topological polar surface area (TPSA) is 52.9 Å². The first-order valence-corrected chi connectivity index (χ1v) is 9.32. The van der Waals surface area contributed by atoms with E-state index < -0.39 is 0 Å². The van der Waals surface area contributed by atoms with Crippen LogP contribution in [0.2, 0.25) is 0 Å². The molecule has 1 heterocycles. The summed E-state index contributed by atoms with van der Waals surface area (Å²) in [6, 6.07) is 16.6. The second kappa shape index (κ2) is 8.56. The molecule has 4 nitrogen and oxygen atoms in total. The number of phenols is 1. The van der Waals surface area contributed by atoms with Gasteiger partial charge in [0.25, 0.3) is 5.91 Å². The Bertz CT molecular complexity index is 946. The highest BCUT2D eigenvalue weighted by molar-refractivity contribution is 8.18. The van der Waals surface area contributed by atoms with Crippen LogP contribution in [0, 0.1) is 0 Å². The van der Waals surface area contributed by atoms with E-state index in [-0.39, 0.29) is 11.7 Å². The van der Waals surface area contributed by atoms with E-state index in [1.807, 2.05) is 49.4 Å². The standard InChI is InChI=1S/C22H20N2O2S/c1-3-12-24-21(26)20(14-16(2)13-17-8-5-4-6-9-17)27-22(24)23-18-10-7-11-19(25)15-18/h3-11,13-15,25H,1,12H2,2H3/b16-13+,20-14+,23-22?. The smallest absolute Gasteiger partial charge is 0.267 e. The zero-order valence-electron chi connectivity index (χ0n) is 15.0. The molecule has 0 saturated carbocycles. The van der Waals surface area contributed by atoms with E-state index in [0.717, 1.165) is 11.1 Å². The number of thioether (sulfide) groups is 1. The van der Waals surface area contributed by atoms with Gasteiger partial charge in [-0.05, 0) is 48.0 Å². The van der Waals surface area contributed by atoms with Crippen LogP contribution in [0.15, 0.2) is 88.8 Å². The van der Waals surface area contributed by atoms with E-state index in [4.69, 9.17) is 0 Å². The van der Waals surface area contributed by atoms with Crippen molar-refractivity contribution in [2.75, 3.05) is 6.54 Å². The number of carbonyl (C=O) groups excluding carboxylic acids is 1. The highest BCUT2D eigenvalue weighted by Gasteiger charge is 2.32. The number of nitrogens with zero attached hydrogens (tertiary/aromatic N) is 2. The summed E-state index contributed by atoms with van der Waals surface area (Å²) in [4.78, 5) is 19.5. The number of hydrogen-bond acceptors (Lipinski definition) is 4. The van der Waals surface area contributed by atoms with Crippen molar-refractivity contribution >= 4 is 34.6 Å².